The number of benzene rings is 1. The molecule has 0 N–H and O–H groups in total. The van der Waals surface area contributed by atoms with Gasteiger partial charge in [0.25, 0.3) is 0 Å². The van der Waals surface area contributed by atoms with E-state index in [1.54, 1.807) is 0 Å². The Labute approximate surface area is 204 Å². The number of nitrogens with zero attached hydrogens (tertiary/aromatic N) is 4. The lowest BCUT2D eigenvalue weighted by molar-refractivity contribution is -0.172. The molecule has 0 radical (unpaired) electrons. The normalized spacial score (nSPS) is 22.6. The Morgan fingerprint density at radius 1 is 1.15 bits per heavy atom. The summed E-state index contributed by atoms with van der Waals surface area (Å²) in [6.07, 6.45) is 18.1. The Hall–Kier alpha value is -2.37. The van der Waals surface area contributed by atoms with E-state index in [9.17, 15) is 0 Å². The SMILES string of the molecule is C=C/C=C\C=C/CCc1nc2c3c(ccc2n1CCN1CCC2(CCO2)CC1)N(C)C(C)CC3. The van der Waals surface area contributed by atoms with Crippen LogP contribution in [0.4, 0.5) is 5.69 Å². The molecule has 0 saturated carbocycles. The first kappa shape index (κ1) is 23.4. The van der Waals surface area contributed by atoms with Gasteiger partial charge >= 0.3 is 0 Å². The van der Waals surface area contributed by atoms with Gasteiger partial charge in [-0.25, -0.2) is 4.98 Å². The van der Waals surface area contributed by atoms with Crippen molar-refractivity contribution in [3.63, 3.8) is 0 Å². The summed E-state index contributed by atoms with van der Waals surface area (Å²) in [7, 11) is 2.23. The minimum Gasteiger partial charge on any atom is -0.375 e. The first-order valence-electron chi connectivity index (χ1n) is 13.1. The van der Waals surface area contributed by atoms with Crippen molar-refractivity contribution in [2.45, 2.75) is 70.1 Å². The minimum absolute atomic E-state index is 0.220. The second-order valence-corrected chi connectivity index (χ2v) is 10.3. The molecule has 3 aliphatic heterocycles. The fourth-order valence-electron chi connectivity index (χ4n) is 5.83. The van der Waals surface area contributed by atoms with Crippen molar-refractivity contribution in [2.24, 2.45) is 0 Å². The molecule has 2 fully saturated rings. The standard InChI is InChI=1S/C29H40N4O/c1-4-5-6-7-8-9-10-27-30-28-24-12-11-23(2)31(3)25(24)13-14-26(28)33(27)21-20-32-18-15-29(16-19-32)17-22-34-29/h4-8,13-14,23H,1,9-12,15-22H2,2-3H3/b6-5-,8-7-. The highest BCUT2D eigenvalue weighted by molar-refractivity contribution is 5.86. The van der Waals surface area contributed by atoms with Crippen LogP contribution in [0.5, 0.6) is 0 Å². The van der Waals surface area contributed by atoms with E-state index in [1.807, 2.05) is 18.2 Å². The minimum atomic E-state index is 0.220. The van der Waals surface area contributed by atoms with Gasteiger partial charge in [0.05, 0.1) is 23.2 Å². The number of rotatable bonds is 8. The van der Waals surface area contributed by atoms with Crippen molar-refractivity contribution < 1.29 is 4.74 Å². The molecular weight excluding hydrogens is 420 g/mol. The molecule has 2 aromatic rings. The first-order valence-corrected chi connectivity index (χ1v) is 13.1. The lowest BCUT2D eigenvalue weighted by Crippen LogP contribution is -2.52. The number of hydrogen-bond acceptors (Lipinski definition) is 4. The predicted molar refractivity (Wildman–Crippen MR) is 142 cm³/mol. The van der Waals surface area contributed by atoms with E-state index < -0.39 is 0 Å². The van der Waals surface area contributed by atoms with Crippen molar-refractivity contribution >= 4 is 16.7 Å². The molecule has 0 bridgehead atoms. The van der Waals surface area contributed by atoms with Crippen LogP contribution in [0.25, 0.3) is 11.0 Å². The number of piperidine rings is 1. The Morgan fingerprint density at radius 2 is 1.97 bits per heavy atom. The van der Waals surface area contributed by atoms with Crippen molar-refractivity contribution in [3.05, 3.63) is 60.5 Å². The van der Waals surface area contributed by atoms with Crippen molar-refractivity contribution in [1.82, 2.24) is 14.5 Å². The number of hydrogen-bond donors (Lipinski definition) is 0. The lowest BCUT2D eigenvalue weighted by Gasteiger charge is -2.47. The fraction of sp³-hybridized carbons (Fsp3) is 0.552. The van der Waals surface area contributed by atoms with Gasteiger partial charge in [-0.05, 0) is 57.6 Å². The summed E-state index contributed by atoms with van der Waals surface area (Å²) in [5.74, 6) is 1.22. The average molecular weight is 461 g/mol. The molecule has 34 heavy (non-hydrogen) atoms. The molecule has 1 spiro atoms. The number of aromatic nitrogens is 2. The number of anilines is 1. The highest BCUT2D eigenvalue weighted by atomic mass is 16.5. The van der Waals surface area contributed by atoms with Crippen LogP contribution in [0.2, 0.25) is 0 Å². The van der Waals surface area contributed by atoms with Gasteiger partial charge in [0.2, 0.25) is 0 Å². The van der Waals surface area contributed by atoms with Crippen LogP contribution in [0, 0.1) is 0 Å². The van der Waals surface area contributed by atoms with Gasteiger partial charge in [-0.2, -0.15) is 0 Å². The van der Waals surface area contributed by atoms with Gasteiger partial charge in [0.1, 0.15) is 5.82 Å². The van der Waals surface area contributed by atoms with Crippen molar-refractivity contribution in [3.8, 4) is 0 Å². The quantitative estimate of drug-likeness (QED) is 0.501. The third-order valence-corrected chi connectivity index (χ3v) is 8.34. The second kappa shape index (κ2) is 10.1. The number of ether oxygens (including phenoxy) is 1. The lowest BCUT2D eigenvalue weighted by atomic mass is 9.84. The first-order chi connectivity index (χ1) is 16.6. The maximum absolute atomic E-state index is 5.92. The summed E-state index contributed by atoms with van der Waals surface area (Å²) >= 11 is 0. The Bertz CT molecular complexity index is 1070. The summed E-state index contributed by atoms with van der Waals surface area (Å²) in [6.45, 7) is 11.4. The monoisotopic (exact) mass is 460 g/mol. The smallest absolute Gasteiger partial charge is 0.110 e. The second-order valence-electron chi connectivity index (χ2n) is 10.3. The van der Waals surface area contributed by atoms with Crippen LogP contribution < -0.4 is 4.90 Å². The molecule has 1 aromatic heterocycles. The van der Waals surface area contributed by atoms with Gasteiger partial charge in [0.15, 0.2) is 0 Å². The van der Waals surface area contributed by atoms with Gasteiger partial charge in [-0.3, -0.25) is 0 Å². The largest absolute Gasteiger partial charge is 0.375 e. The van der Waals surface area contributed by atoms with Crippen LogP contribution in [0.15, 0.2) is 49.1 Å². The fourth-order valence-corrected chi connectivity index (χ4v) is 5.83. The number of aryl methyl sites for hydroxylation is 2. The number of imidazole rings is 1. The van der Waals surface area contributed by atoms with Crippen LogP contribution in [0.3, 0.4) is 0 Å². The average Bonchev–Trinajstić information content (AvgIpc) is 3.19. The summed E-state index contributed by atoms with van der Waals surface area (Å²) < 4.78 is 8.43. The van der Waals surface area contributed by atoms with Crippen molar-refractivity contribution in [1.29, 1.82) is 0 Å². The van der Waals surface area contributed by atoms with Gasteiger partial charge in [-0.1, -0.05) is 37.0 Å². The van der Waals surface area contributed by atoms with Gasteiger partial charge in [-0.15, -0.1) is 0 Å². The molecule has 5 rings (SSSR count). The van der Waals surface area contributed by atoms with Crippen LogP contribution in [-0.4, -0.2) is 59.4 Å². The van der Waals surface area contributed by atoms with E-state index in [1.165, 1.54) is 53.8 Å². The van der Waals surface area contributed by atoms with Gasteiger partial charge in [0, 0.05) is 56.9 Å². The number of allylic oxidation sites excluding steroid dienone is 5. The molecule has 5 heteroatoms. The molecule has 5 nitrogen and oxygen atoms in total. The molecule has 1 atom stereocenters. The van der Waals surface area contributed by atoms with E-state index >= 15 is 0 Å². The molecule has 1 unspecified atom stereocenters. The summed E-state index contributed by atoms with van der Waals surface area (Å²) in [5.41, 5.74) is 5.55. The molecular formula is C29H40N4O. The van der Waals surface area contributed by atoms with E-state index in [4.69, 9.17) is 9.72 Å². The van der Waals surface area contributed by atoms with Crippen molar-refractivity contribution in [2.75, 3.05) is 38.2 Å². The third kappa shape index (κ3) is 4.60. The zero-order valence-corrected chi connectivity index (χ0v) is 21.0. The van der Waals surface area contributed by atoms with Crippen LogP contribution in [0.1, 0.15) is 50.4 Å². The highest BCUT2D eigenvalue weighted by Gasteiger charge is 2.40. The van der Waals surface area contributed by atoms with Crippen LogP contribution >= 0.6 is 0 Å². The predicted octanol–water partition coefficient (Wildman–Crippen LogP) is 5.29. The van der Waals surface area contributed by atoms with E-state index in [0.29, 0.717) is 6.04 Å². The molecule has 4 heterocycles. The van der Waals surface area contributed by atoms with Gasteiger partial charge < -0.3 is 19.1 Å². The molecule has 182 valence electrons. The molecule has 0 amide bonds. The van der Waals surface area contributed by atoms with E-state index in [-0.39, 0.29) is 5.60 Å². The Balaban J connectivity index is 1.36. The summed E-state index contributed by atoms with van der Waals surface area (Å²) in [4.78, 5) is 10.3. The molecule has 3 aliphatic rings. The Morgan fingerprint density at radius 3 is 2.71 bits per heavy atom. The van der Waals surface area contributed by atoms with E-state index in [2.05, 4.69) is 59.2 Å². The maximum Gasteiger partial charge on any atom is 0.110 e. The van der Waals surface area contributed by atoms with E-state index in [0.717, 1.165) is 52.0 Å². The molecule has 1 aromatic carbocycles. The summed E-state index contributed by atoms with van der Waals surface area (Å²) in [6, 6.07) is 5.23. The van der Waals surface area contributed by atoms with Crippen LogP contribution in [-0.2, 0) is 24.1 Å². The zero-order chi connectivity index (χ0) is 23.5. The number of likely N-dealkylation sites (tertiary alicyclic amines) is 1. The molecule has 2 saturated heterocycles. The Kier molecular flexibility index (Phi) is 6.94. The molecule has 0 aliphatic carbocycles. The maximum atomic E-state index is 5.92. The number of fused-ring (bicyclic) bond motifs is 3. The third-order valence-electron chi connectivity index (χ3n) is 8.34. The highest BCUT2D eigenvalue weighted by Crippen LogP contribution is 2.37. The zero-order valence-electron chi connectivity index (χ0n) is 21.0. The topological polar surface area (TPSA) is 33.5 Å². The summed E-state index contributed by atoms with van der Waals surface area (Å²) in [5, 5.41) is 0.